The molecule has 98 valence electrons. The second-order valence-electron chi connectivity index (χ2n) is 4.45. The summed E-state index contributed by atoms with van der Waals surface area (Å²) in [7, 11) is -3.94. The number of rotatable bonds is 3. The molecule has 18 heavy (non-hydrogen) atoms. The van der Waals surface area contributed by atoms with Gasteiger partial charge in [-0.2, -0.15) is 0 Å². The van der Waals surface area contributed by atoms with Crippen LogP contribution >= 0.6 is 11.6 Å². The third-order valence-electron chi connectivity index (χ3n) is 3.42. The third kappa shape index (κ3) is 1.91. The molecular formula is C12H12ClO4S-. The van der Waals surface area contributed by atoms with Crippen LogP contribution in [0, 0.1) is 0 Å². The topological polar surface area (TPSA) is 74.3 Å². The summed E-state index contributed by atoms with van der Waals surface area (Å²) in [4.78, 5) is 11.3. The van der Waals surface area contributed by atoms with Crippen molar-refractivity contribution in [3.8, 4) is 0 Å². The summed E-state index contributed by atoms with van der Waals surface area (Å²) in [5.74, 6) is -1.50. The average Bonchev–Trinajstić information content (AvgIpc) is 2.80. The lowest BCUT2D eigenvalue weighted by Crippen LogP contribution is -2.51. The first-order valence-electron chi connectivity index (χ1n) is 5.62. The Kier molecular flexibility index (Phi) is 3.38. The van der Waals surface area contributed by atoms with Crippen molar-refractivity contribution in [3.63, 3.8) is 0 Å². The lowest BCUT2D eigenvalue weighted by molar-refractivity contribution is -0.309. The van der Waals surface area contributed by atoms with Crippen LogP contribution in [0.4, 0.5) is 0 Å². The first-order valence-corrected chi connectivity index (χ1v) is 7.48. The van der Waals surface area contributed by atoms with Crippen molar-refractivity contribution in [2.24, 2.45) is 0 Å². The van der Waals surface area contributed by atoms with Gasteiger partial charge in [-0.3, -0.25) is 0 Å². The van der Waals surface area contributed by atoms with E-state index in [-0.39, 0.29) is 17.7 Å². The van der Waals surface area contributed by atoms with Gasteiger partial charge in [-0.05, 0) is 37.1 Å². The molecule has 1 aromatic rings. The number of sulfone groups is 1. The van der Waals surface area contributed by atoms with E-state index in [0.717, 1.165) is 0 Å². The van der Waals surface area contributed by atoms with Crippen molar-refractivity contribution in [1.82, 2.24) is 0 Å². The standard InChI is InChI=1S/C12H13ClO4S/c13-9-3-5-10(6-4-9)18(16,17)12(11(14)15)7-1-2-8-12/h3-6H,1-2,7-8H2,(H,14,15)/p-1. The van der Waals surface area contributed by atoms with Gasteiger partial charge in [0.25, 0.3) is 0 Å². The van der Waals surface area contributed by atoms with Crippen LogP contribution in [0.15, 0.2) is 29.2 Å². The van der Waals surface area contributed by atoms with Crippen molar-refractivity contribution in [1.29, 1.82) is 0 Å². The first-order chi connectivity index (χ1) is 8.40. The lowest BCUT2D eigenvalue weighted by atomic mass is 10.1. The van der Waals surface area contributed by atoms with Gasteiger partial charge in [0.05, 0.1) is 10.9 Å². The van der Waals surface area contributed by atoms with Crippen LogP contribution in [0.3, 0.4) is 0 Å². The SMILES string of the molecule is O=C([O-])C1(S(=O)(=O)c2ccc(Cl)cc2)CCCC1. The molecule has 1 aromatic carbocycles. The van der Waals surface area contributed by atoms with E-state index in [4.69, 9.17) is 11.6 Å². The van der Waals surface area contributed by atoms with Gasteiger partial charge < -0.3 is 9.90 Å². The van der Waals surface area contributed by atoms with Gasteiger partial charge in [-0.15, -0.1) is 0 Å². The Bertz CT molecular complexity index is 556. The molecule has 0 aliphatic heterocycles. The maximum Gasteiger partial charge on any atom is 0.189 e. The zero-order valence-corrected chi connectivity index (χ0v) is 11.1. The van der Waals surface area contributed by atoms with Crippen LogP contribution < -0.4 is 5.11 Å². The fourth-order valence-electron chi connectivity index (χ4n) is 2.37. The number of hydrogen-bond acceptors (Lipinski definition) is 4. The molecule has 0 atom stereocenters. The molecule has 1 aliphatic rings. The summed E-state index contributed by atoms with van der Waals surface area (Å²) < 4.78 is 23.1. The summed E-state index contributed by atoms with van der Waals surface area (Å²) >= 11 is 5.70. The molecule has 4 nitrogen and oxygen atoms in total. The van der Waals surface area contributed by atoms with Crippen LogP contribution in [0.1, 0.15) is 25.7 Å². The fraction of sp³-hybridized carbons (Fsp3) is 0.417. The third-order valence-corrected chi connectivity index (χ3v) is 6.17. The van der Waals surface area contributed by atoms with Crippen LogP contribution in [-0.4, -0.2) is 19.1 Å². The molecule has 0 radical (unpaired) electrons. The second kappa shape index (κ2) is 4.55. The number of benzene rings is 1. The van der Waals surface area contributed by atoms with Crippen LogP contribution in [-0.2, 0) is 14.6 Å². The molecule has 1 saturated carbocycles. The Balaban J connectivity index is 2.53. The van der Waals surface area contributed by atoms with Crippen LogP contribution in [0.25, 0.3) is 0 Å². The minimum atomic E-state index is -3.94. The molecule has 0 aromatic heterocycles. The first kappa shape index (κ1) is 13.4. The molecular weight excluding hydrogens is 276 g/mol. The van der Waals surface area contributed by atoms with E-state index in [9.17, 15) is 18.3 Å². The minimum Gasteiger partial charge on any atom is -0.548 e. The molecule has 0 N–H and O–H groups in total. The summed E-state index contributed by atoms with van der Waals surface area (Å²) in [6.07, 6.45) is 1.39. The van der Waals surface area contributed by atoms with Gasteiger partial charge in [0.1, 0.15) is 4.75 Å². The number of carbonyl (C=O) groups is 1. The summed E-state index contributed by atoms with van der Waals surface area (Å²) in [5, 5.41) is 11.7. The number of aliphatic carboxylic acids is 1. The normalized spacial score (nSPS) is 18.7. The molecule has 1 fully saturated rings. The minimum absolute atomic E-state index is 0.0157. The lowest BCUT2D eigenvalue weighted by Gasteiger charge is -2.29. The molecule has 0 saturated heterocycles. The van der Waals surface area contributed by atoms with Crippen LogP contribution in [0.2, 0.25) is 5.02 Å². The summed E-state index contributed by atoms with van der Waals surface area (Å²) in [6, 6.07) is 5.54. The van der Waals surface area contributed by atoms with Crippen molar-refractivity contribution in [2.45, 2.75) is 35.3 Å². The van der Waals surface area contributed by atoms with E-state index < -0.39 is 20.6 Å². The zero-order chi connectivity index (χ0) is 13.4. The summed E-state index contributed by atoms with van der Waals surface area (Å²) in [5.41, 5.74) is 0. The number of halogens is 1. The van der Waals surface area contributed by atoms with Gasteiger partial charge in [0.2, 0.25) is 0 Å². The Hall–Kier alpha value is -1.07. The molecule has 0 bridgehead atoms. The van der Waals surface area contributed by atoms with Gasteiger partial charge in [-0.25, -0.2) is 8.42 Å². The molecule has 0 spiro atoms. The number of carboxylic acids is 1. The highest BCUT2D eigenvalue weighted by molar-refractivity contribution is 7.93. The quantitative estimate of drug-likeness (QED) is 0.836. The van der Waals surface area contributed by atoms with E-state index >= 15 is 0 Å². The number of carbonyl (C=O) groups excluding carboxylic acids is 1. The molecule has 0 amide bonds. The Morgan fingerprint density at radius 3 is 2.11 bits per heavy atom. The molecule has 0 unspecified atom stereocenters. The zero-order valence-electron chi connectivity index (χ0n) is 9.56. The van der Waals surface area contributed by atoms with E-state index in [2.05, 4.69) is 0 Å². The van der Waals surface area contributed by atoms with Crippen molar-refractivity contribution >= 4 is 27.4 Å². The van der Waals surface area contributed by atoms with Crippen LogP contribution in [0.5, 0.6) is 0 Å². The Morgan fingerprint density at radius 1 is 1.17 bits per heavy atom. The highest BCUT2D eigenvalue weighted by Crippen LogP contribution is 2.40. The monoisotopic (exact) mass is 287 g/mol. The largest absolute Gasteiger partial charge is 0.548 e. The predicted octanol–water partition coefficient (Wildman–Crippen LogP) is 1.18. The van der Waals surface area contributed by atoms with E-state index in [1.54, 1.807) is 0 Å². The Labute approximate surface area is 110 Å². The number of hydrogen-bond donors (Lipinski definition) is 0. The van der Waals surface area contributed by atoms with Crippen molar-refractivity contribution < 1.29 is 18.3 Å². The number of carboxylic acid groups (broad SMARTS) is 1. The van der Waals surface area contributed by atoms with Crippen molar-refractivity contribution in [2.75, 3.05) is 0 Å². The maximum absolute atomic E-state index is 12.4. The van der Waals surface area contributed by atoms with Gasteiger partial charge in [-0.1, -0.05) is 24.4 Å². The average molecular weight is 288 g/mol. The molecule has 6 heteroatoms. The fourth-order valence-corrected chi connectivity index (χ4v) is 4.49. The van der Waals surface area contributed by atoms with Gasteiger partial charge in [0.15, 0.2) is 9.84 Å². The van der Waals surface area contributed by atoms with Gasteiger partial charge >= 0.3 is 0 Å². The van der Waals surface area contributed by atoms with E-state index in [1.165, 1.54) is 24.3 Å². The predicted molar refractivity (Wildman–Crippen MR) is 64.8 cm³/mol. The molecule has 1 aliphatic carbocycles. The van der Waals surface area contributed by atoms with Gasteiger partial charge in [0, 0.05) is 5.02 Å². The molecule has 2 rings (SSSR count). The smallest absolute Gasteiger partial charge is 0.189 e. The maximum atomic E-state index is 12.4. The highest BCUT2D eigenvalue weighted by Gasteiger charge is 2.48. The highest BCUT2D eigenvalue weighted by atomic mass is 35.5. The van der Waals surface area contributed by atoms with E-state index in [1.807, 2.05) is 0 Å². The Morgan fingerprint density at radius 2 is 1.67 bits per heavy atom. The summed E-state index contributed by atoms with van der Waals surface area (Å²) in [6.45, 7) is 0. The second-order valence-corrected chi connectivity index (χ2v) is 7.14. The molecule has 0 heterocycles. The van der Waals surface area contributed by atoms with Crippen molar-refractivity contribution in [3.05, 3.63) is 29.3 Å². The van der Waals surface area contributed by atoms with E-state index in [0.29, 0.717) is 17.9 Å².